The topological polar surface area (TPSA) is 102 Å². The first-order valence-electron chi connectivity index (χ1n) is 10.7. The van der Waals surface area contributed by atoms with Crippen LogP contribution in [0.3, 0.4) is 0 Å². The second kappa shape index (κ2) is 12.0. The highest BCUT2D eigenvalue weighted by atomic mass is 19.1. The van der Waals surface area contributed by atoms with Gasteiger partial charge in [0.1, 0.15) is 18.4 Å². The molecule has 0 saturated heterocycles. The molecule has 1 heterocycles. The zero-order chi connectivity index (χ0) is 23.7. The summed E-state index contributed by atoms with van der Waals surface area (Å²) in [6, 6.07) is 7.76. The molecule has 0 spiro atoms. The van der Waals surface area contributed by atoms with Gasteiger partial charge in [-0.2, -0.15) is 0 Å². The van der Waals surface area contributed by atoms with E-state index in [9.17, 15) is 23.6 Å². The average molecular weight is 445 g/mol. The average Bonchev–Trinajstić information content (AvgIpc) is 2.79. The number of nitrogens with zero attached hydrogens (tertiary/aromatic N) is 1. The number of hydrogen-bond donors (Lipinski definition) is 1. The van der Waals surface area contributed by atoms with E-state index in [-0.39, 0.29) is 30.4 Å². The maximum Gasteiger partial charge on any atom is 0.308 e. The zero-order valence-corrected chi connectivity index (χ0v) is 18.6. The molecule has 1 N–H and O–H groups in total. The van der Waals surface area contributed by atoms with E-state index >= 15 is 0 Å². The van der Waals surface area contributed by atoms with Crippen LogP contribution in [0.4, 0.5) is 4.39 Å². The Morgan fingerprint density at radius 1 is 1.09 bits per heavy atom. The fraction of sp³-hybridized carbons (Fsp3) is 0.458. The maximum absolute atomic E-state index is 13.0. The quantitative estimate of drug-likeness (QED) is 0.397. The number of hydrogen-bond acceptors (Lipinski definition) is 6. The minimum absolute atomic E-state index is 0.0991. The third-order valence-electron chi connectivity index (χ3n) is 5.02. The number of amides is 1. The number of halogens is 1. The number of alkyl halides is 1. The highest BCUT2D eigenvalue weighted by Crippen LogP contribution is 2.20. The van der Waals surface area contributed by atoms with E-state index in [4.69, 9.17) is 4.74 Å². The summed E-state index contributed by atoms with van der Waals surface area (Å²) in [6.07, 6.45) is 1.26. The maximum atomic E-state index is 13.0. The van der Waals surface area contributed by atoms with Crippen LogP contribution >= 0.6 is 0 Å². The lowest BCUT2D eigenvalue weighted by atomic mass is 9.94. The fourth-order valence-corrected chi connectivity index (χ4v) is 3.20. The molecule has 2 unspecified atom stereocenters. The standard InChI is InChI=1S/C24H29FN2O5/c1-4-16(11-20(28)23-18-8-6-5-7-17(18)9-10-26-23)24(31)27-19(21(29)13-25)12-22(30)32-14-15(2)3/h5-10,15-16,19H,4,11-14H2,1-3H3,(H,27,31). The number of aromatic nitrogens is 1. The molecular formula is C24H29FN2O5. The van der Waals surface area contributed by atoms with Crippen molar-refractivity contribution in [2.45, 2.75) is 46.1 Å². The number of Topliss-reactive ketones (excluding diaryl/α,β-unsaturated/α-hetero) is 2. The van der Waals surface area contributed by atoms with Gasteiger partial charge >= 0.3 is 5.97 Å². The molecule has 0 bridgehead atoms. The first kappa shape index (κ1) is 25.1. The molecule has 172 valence electrons. The van der Waals surface area contributed by atoms with E-state index < -0.39 is 42.7 Å². The van der Waals surface area contributed by atoms with Crippen molar-refractivity contribution in [3.63, 3.8) is 0 Å². The van der Waals surface area contributed by atoms with Gasteiger partial charge in [-0.15, -0.1) is 0 Å². The Hall–Kier alpha value is -3.16. The molecule has 2 atom stereocenters. The van der Waals surface area contributed by atoms with E-state index in [0.29, 0.717) is 11.8 Å². The summed E-state index contributed by atoms with van der Waals surface area (Å²) in [5.74, 6) is -3.18. The number of carbonyl (C=O) groups is 4. The zero-order valence-electron chi connectivity index (χ0n) is 18.6. The second-order valence-corrected chi connectivity index (χ2v) is 8.06. The van der Waals surface area contributed by atoms with Gasteiger partial charge in [-0.25, -0.2) is 4.39 Å². The predicted octanol–water partition coefficient (Wildman–Crippen LogP) is 3.45. The van der Waals surface area contributed by atoms with Crippen molar-refractivity contribution in [1.29, 1.82) is 0 Å². The van der Waals surface area contributed by atoms with Crippen LogP contribution in [0.15, 0.2) is 36.5 Å². The summed E-state index contributed by atoms with van der Waals surface area (Å²) in [4.78, 5) is 53.8. The van der Waals surface area contributed by atoms with Crippen molar-refractivity contribution in [2.75, 3.05) is 13.3 Å². The number of fused-ring (bicyclic) bond motifs is 1. The summed E-state index contributed by atoms with van der Waals surface area (Å²) >= 11 is 0. The summed E-state index contributed by atoms with van der Waals surface area (Å²) < 4.78 is 18.0. The Kier molecular flexibility index (Phi) is 9.43. The minimum atomic E-state index is -1.34. The van der Waals surface area contributed by atoms with Crippen molar-refractivity contribution in [3.05, 3.63) is 42.2 Å². The monoisotopic (exact) mass is 444 g/mol. The first-order chi connectivity index (χ1) is 15.3. The molecule has 1 aromatic carbocycles. The van der Waals surface area contributed by atoms with Gasteiger partial charge in [0, 0.05) is 23.9 Å². The lowest BCUT2D eigenvalue weighted by molar-refractivity contribution is -0.147. The fourth-order valence-electron chi connectivity index (χ4n) is 3.20. The number of pyridine rings is 1. The van der Waals surface area contributed by atoms with Crippen LogP contribution in [-0.4, -0.2) is 47.8 Å². The number of nitrogens with one attached hydrogen (secondary N) is 1. The van der Waals surface area contributed by atoms with Gasteiger partial charge in [-0.05, 0) is 23.8 Å². The summed E-state index contributed by atoms with van der Waals surface area (Å²) in [5.41, 5.74) is 0.267. The molecule has 2 rings (SSSR count). The van der Waals surface area contributed by atoms with Crippen molar-refractivity contribution in [3.8, 4) is 0 Å². The molecule has 0 aliphatic carbocycles. The Balaban J connectivity index is 2.09. The largest absolute Gasteiger partial charge is 0.465 e. The number of ether oxygens (including phenoxy) is 1. The number of carbonyl (C=O) groups excluding carboxylic acids is 4. The van der Waals surface area contributed by atoms with Gasteiger partial charge in [-0.3, -0.25) is 24.2 Å². The van der Waals surface area contributed by atoms with Crippen LogP contribution in [-0.2, 0) is 19.1 Å². The van der Waals surface area contributed by atoms with Crippen LogP contribution < -0.4 is 5.32 Å². The molecular weight excluding hydrogens is 415 g/mol. The number of ketones is 2. The molecule has 0 fully saturated rings. The van der Waals surface area contributed by atoms with E-state index in [0.717, 1.165) is 5.39 Å². The van der Waals surface area contributed by atoms with Crippen LogP contribution in [0.5, 0.6) is 0 Å². The van der Waals surface area contributed by atoms with Crippen molar-refractivity contribution in [2.24, 2.45) is 11.8 Å². The first-order valence-corrected chi connectivity index (χ1v) is 10.7. The molecule has 0 aliphatic heterocycles. The smallest absolute Gasteiger partial charge is 0.308 e. The lowest BCUT2D eigenvalue weighted by Gasteiger charge is -2.20. The molecule has 2 aromatic rings. The van der Waals surface area contributed by atoms with Crippen LogP contribution in [0.25, 0.3) is 10.8 Å². The van der Waals surface area contributed by atoms with E-state index in [1.54, 1.807) is 25.1 Å². The predicted molar refractivity (Wildman–Crippen MR) is 118 cm³/mol. The third kappa shape index (κ3) is 6.93. The Morgan fingerprint density at radius 2 is 1.81 bits per heavy atom. The van der Waals surface area contributed by atoms with Crippen molar-refractivity contribution >= 4 is 34.2 Å². The number of benzene rings is 1. The third-order valence-corrected chi connectivity index (χ3v) is 5.02. The SMILES string of the molecule is CCC(CC(=O)c1nccc2ccccc12)C(=O)NC(CC(=O)OCC(C)C)C(=O)CF. The highest BCUT2D eigenvalue weighted by Gasteiger charge is 2.29. The van der Waals surface area contributed by atoms with E-state index in [2.05, 4.69) is 10.3 Å². The lowest BCUT2D eigenvalue weighted by Crippen LogP contribution is -2.46. The van der Waals surface area contributed by atoms with Gasteiger partial charge in [0.15, 0.2) is 11.6 Å². The summed E-state index contributed by atoms with van der Waals surface area (Å²) in [7, 11) is 0. The molecule has 32 heavy (non-hydrogen) atoms. The van der Waals surface area contributed by atoms with Gasteiger partial charge in [-0.1, -0.05) is 45.0 Å². The van der Waals surface area contributed by atoms with Crippen molar-refractivity contribution in [1.82, 2.24) is 10.3 Å². The molecule has 1 amide bonds. The highest BCUT2D eigenvalue weighted by molar-refractivity contribution is 6.07. The molecule has 0 saturated carbocycles. The second-order valence-electron chi connectivity index (χ2n) is 8.06. The van der Waals surface area contributed by atoms with E-state index in [1.165, 1.54) is 6.20 Å². The van der Waals surface area contributed by atoms with Crippen LogP contribution in [0.2, 0.25) is 0 Å². The van der Waals surface area contributed by atoms with Gasteiger partial charge in [0.25, 0.3) is 0 Å². The minimum Gasteiger partial charge on any atom is -0.465 e. The van der Waals surface area contributed by atoms with Gasteiger partial charge < -0.3 is 10.1 Å². The van der Waals surface area contributed by atoms with Crippen LogP contribution in [0, 0.1) is 11.8 Å². The van der Waals surface area contributed by atoms with Gasteiger partial charge in [0.05, 0.1) is 13.0 Å². The Labute approximate surface area is 186 Å². The van der Waals surface area contributed by atoms with Gasteiger partial charge in [0.2, 0.25) is 5.91 Å². The van der Waals surface area contributed by atoms with Crippen LogP contribution in [0.1, 0.15) is 50.5 Å². The van der Waals surface area contributed by atoms with Crippen molar-refractivity contribution < 1.29 is 28.3 Å². The summed E-state index contributed by atoms with van der Waals surface area (Å²) in [5, 5.41) is 3.98. The number of esters is 1. The Morgan fingerprint density at radius 3 is 2.47 bits per heavy atom. The normalized spacial score (nSPS) is 12.9. The Bertz CT molecular complexity index is 971. The molecule has 7 nitrogen and oxygen atoms in total. The molecule has 8 heteroatoms. The van der Waals surface area contributed by atoms with E-state index in [1.807, 2.05) is 26.0 Å². The molecule has 0 aliphatic rings. The number of rotatable bonds is 12. The molecule has 1 aromatic heterocycles. The molecule has 0 radical (unpaired) electrons. The summed E-state index contributed by atoms with van der Waals surface area (Å²) in [6.45, 7) is 4.28.